The molecule has 0 atom stereocenters. The second kappa shape index (κ2) is 11.2. The van der Waals surface area contributed by atoms with E-state index in [0.29, 0.717) is 22.7 Å². The van der Waals surface area contributed by atoms with Crippen LogP contribution in [0.2, 0.25) is 0 Å². The number of esters is 1. The fourth-order valence-electron chi connectivity index (χ4n) is 3.03. The number of ether oxygens (including phenoxy) is 2. The zero-order valence-corrected chi connectivity index (χ0v) is 18.9. The summed E-state index contributed by atoms with van der Waals surface area (Å²) in [5.41, 5.74) is 2.75. The monoisotopic (exact) mass is 451 g/mol. The lowest BCUT2D eigenvalue weighted by molar-refractivity contribution is -0.142. The molecule has 0 radical (unpaired) electrons. The number of hydrogen-bond donors (Lipinski definition) is 1. The maximum absolute atomic E-state index is 12.1. The first-order chi connectivity index (χ1) is 15.4. The maximum atomic E-state index is 12.1. The number of amides is 1. The topological polar surface area (TPSA) is 81.7 Å². The van der Waals surface area contributed by atoms with Gasteiger partial charge in [0.05, 0.1) is 4.88 Å². The van der Waals surface area contributed by atoms with Crippen LogP contribution in [-0.2, 0) is 14.3 Å². The van der Waals surface area contributed by atoms with Crippen LogP contribution in [0, 0.1) is 13.8 Å². The zero-order chi connectivity index (χ0) is 22.9. The van der Waals surface area contributed by atoms with Crippen LogP contribution >= 0.6 is 11.3 Å². The molecule has 3 rings (SSSR count). The van der Waals surface area contributed by atoms with Crippen molar-refractivity contribution in [1.29, 1.82) is 0 Å². The number of ketones is 1. The molecule has 0 fully saturated rings. The van der Waals surface area contributed by atoms with Crippen molar-refractivity contribution < 1.29 is 23.9 Å². The molecule has 1 heterocycles. The number of benzene rings is 2. The Balaban J connectivity index is 1.38. The summed E-state index contributed by atoms with van der Waals surface area (Å²) >= 11 is 1.31. The van der Waals surface area contributed by atoms with Gasteiger partial charge in [0.2, 0.25) is 11.7 Å². The molecule has 0 unspecified atom stereocenters. The van der Waals surface area contributed by atoms with Gasteiger partial charge in [-0.1, -0.05) is 24.3 Å². The van der Waals surface area contributed by atoms with E-state index in [4.69, 9.17) is 9.47 Å². The van der Waals surface area contributed by atoms with Gasteiger partial charge in [-0.15, -0.1) is 11.3 Å². The average molecular weight is 452 g/mol. The van der Waals surface area contributed by atoms with Crippen molar-refractivity contribution >= 4 is 34.7 Å². The van der Waals surface area contributed by atoms with E-state index in [0.717, 1.165) is 16.9 Å². The van der Waals surface area contributed by atoms with E-state index in [1.54, 1.807) is 41.8 Å². The lowest BCUT2D eigenvalue weighted by atomic mass is 10.1. The molecule has 0 saturated carbocycles. The summed E-state index contributed by atoms with van der Waals surface area (Å²) in [4.78, 5) is 36.3. The number of nitrogens with one attached hydrogen (secondary N) is 1. The van der Waals surface area contributed by atoms with Gasteiger partial charge >= 0.3 is 5.97 Å². The quantitative estimate of drug-likeness (QED) is 0.316. The van der Waals surface area contributed by atoms with Crippen LogP contribution in [0.5, 0.6) is 11.5 Å². The van der Waals surface area contributed by atoms with Gasteiger partial charge in [-0.3, -0.25) is 14.4 Å². The molecule has 0 spiro atoms. The van der Waals surface area contributed by atoms with E-state index >= 15 is 0 Å². The van der Waals surface area contributed by atoms with Gasteiger partial charge in [-0.2, -0.15) is 0 Å². The van der Waals surface area contributed by atoms with Gasteiger partial charge in [-0.05, 0) is 67.1 Å². The molecule has 1 aromatic heterocycles. The molecule has 166 valence electrons. The Bertz CT molecular complexity index is 1050. The van der Waals surface area contributed by atoms with Crippen molar-refractivity contribution in [2.75, 3.05) is 11.9 Å². The van der Waals surface area contributed by atoms with Gasteiger partial charge in [-0.25, -0.2) is 0 Å². The number of aryl methyl sites for hydroxylation is 2. The Kier molecular flexibility index (Phi) is 8.16. The molecule has 0 aliphatic heterocycles. The first-order valence-corrected chi connectivity index (χ1v) is 11.2. The number of rotatable bonds is 10. The highest BCUT2D eigenvalue weighted by Gasteiger charge is 2.12. The van der Waals surface area contributed by atoms with Crippen LogP contribution in [-0.4, -0.2) is 24.3 Å². The highest BCUT2D eigenvalue weighted by molar-refractivity contribution is 7.12. The minimum atomic E-state index is -0.490. The van der Waals surface area contributed by atoms with E-state index in [1.165, 1.54) is 11.3 Å². The SMILES string of the molecule is Cc1cccc(C)c1Oc1ccc(NC(=O)CCCC(=O)OCC(=O)c2cccs2)cc1. The number of carbonyl (C=O) groups excluding carboxylic acids is 3. The van der Waals surface area contributed by atoms with Crippen molar-refractivity contribution in [3.05, 3.63) is 76.0 Å². The molecule has 0 aliphatic carbocycles. The second-order valence-electron chi connectivity index (χ2n) is 7.31. The van der Waals surface area contributed by atoms with Gasteiger partial charge in [0.15, 0.2) is 6.61 Å². The largest absolute Gasteiger partial charge is 0.457 e. The van der Waals surface area contributed by atoms with Gasteiger partial charge in [0.1, 0.15) is 11.5 Å². The van der Waals surface area contributed by atoms with Crippen molar-refractivity contribution in [3.63, 3.8) is 0 Å². The fourth-order valence-corrected chi connectivity index (χ4v) is 3.68. The third kappa shape index (κ3) is 6.78. The van der Waals surface area contributed by atoms with Crippen LogP contribution in [0.15, 0.2) is 60.0 Å². The number of carbonyl (C=O) groups is 3. The lowest BCUT2D eigenvalue weighted by Crippen LogP contribution is -2.15. The van der Waals surface area contributed by atoms with Crippen LogP contribution in [0.25, 0.3) is 0 Å². The number of Topliss-reactive ketones (excluding diaryl/α,β-unsaturated/α-hetero) is 1. The Hall–Kier alpha value is -3.45. The van der Waals surface area contributed by atoms with Crippen LogP contribution in [0.4, 0.5) is 5.69 Å². The standard InChI is InChI=1S/C25H25NO5S/c1-17-6-3-7-18(2)25(17)31-20-13-11-19(12-14-20)26-23(28)9-4-10-24(29)30-16-21(27)22-8-5-15-32-22/h3,5-8,11-15H,4,9-10,16H2,1-2H3,(H,26,28). The normalized spacial score (nSPS) is 10.4. The summed E-state index contributed by atoms with van der Waals surface area (Å²) in [5.74, 6) is 0.594. The van der Waals surface area contributed by atoms with Crippen molar-refractivity contribution in [2.45, 2.75) is 33.1 Å². The summed E-state index contributed by atoms with van der Waals surface area (Å²) in [6.07, 6.45) is 0.591. The maximum Gasteiger partial charge on any atom is 0.306 e. The highest BCUT2D eigenvalue weighted by Crippen LogP contribution is 2.29. The molecule has 0 aliphatic rings. The zero-order valence-electron chi connectivity index (χ0n) is 18.1. The fraction of sp³-hybridized carbons (Fsp3) is 0.240. The van der Waals surface area contributed by atoms with Gasteiger partial charge < -0.3 is 14.8 Å². The molecule has 32 heavy (non-hydrogen) atoms. The van der Waals surface area contributed by atoms with E-state index in [2.05, 4.69) is 5.32 Å². The minimum absolute atomic E-state index is 0.0771. The second-order valence-corrected chi connectivity index (χ2v) is 8.26. The summed E-state index contributed by atoms with van der Waals surface area (Å²) in [7, 11) is 0. The Morgan fingerprint density at radius 3 is 2.28 bits per heavy atom. The van der Waals surface area contributed by atoms with E-state index < -0.39 is 5.97 Å². The number of anilines is 1. The molecule has 6 nitrogen and oxygen atoms in total. The summed E-state index contributed by atoms with van der Waals surface area (Å²) in [6.45, 7) is 3.71. The minimum Gasteiger partial charge on any atom is -0.457 e. The Morgan fingerprint density at radius 2 is 1.62 bits per heavy atom. The molecule has 0 saturated heterocycles. The van der Waals surface area contributed by atoms with Crippen molar-refractivity contribution in [2.24, 2.45) is 0 Å². The van der Waals surface area contributed by atoms with Crippen LogP contribution in [0.3, 0.4) is 0 Å². The van der Waals surface area contributed by atoms with Gasteiger partial charge in [0.25, 0.3) is 0 Å². The Morgan fingerprint density at radius 1 is 0.906 bits per heavy atom. The first-order valence-electron chi connectivity index (χ1n) is 10.3. The first kappa shape index (κ1) is 23.2. The number of para-hydroxylation sites is 1. The van der Waals surface area contributed by atoms with Crippen LogP contribution in [0.1, 0.15) is 40.1 Å². The predicted molar refractivity (Wildman–Crippen MR) is 125 cm³/mol. The van der Waals surface area contributed by atoms with Crippen LogP contribution < -0.4 is 10.1 Å². The molecule has 1 N–H and O–H groups in total. The number of hydrogen-bond acceptors (Lipinski definition) is 6. The molecular formula is C25H25NO5S. The van der Waals surface area contributed by atoms with E-state index in [-0.39, 0.29) is 31.1 Å². The predicted octanol–water partition coefficient (Wildman–Crippen LogP) is 5.69. The van der Waals surface area contributed by atoms with Gasteiger partial charge in [0, 0.05) is 18.5 Å². The van der Waals surface area contributed by atoms with E-state index in [9.17, 15) is 14.4 Å². The highest BCUT2D eigenvalue weighted by atomic mass is 32.1. The Labute approximate surface area is 191 Å². The summed E-state index contributed by atoms with van der Waals surface area (Å²) in [6, 6.07) is 16.6. The summed E-state index contributed by atoms with van der Waals surface area (Å²) < 4.78 is 10.9. The molecule has 3 aromatic rings. The summed E-state index contributed by atoms with van der Waals surface area (Å²) in [5, 5.41) is 4.59. The third-order valence-electron chi connectivity index (χ3n) is 4.71. The smallest absolute Gasteiger partial charge is 0.306 e. The van der Waals surface area contributed by atoms with E-state index in [1.807, 2.05) is 32.0 Å². The molecule has 2 aromatic carbocycles. The number of thiophene rings is 1. The molecular weight excluding hydrogens is 426 g/mol. The van der Waals surface area contributed by atoms with Crippen molar-refractivity contribution in [3.8, 4) is 11.5 Å². The third-order valence-corrected chi connectivity index (χ3v) is 5.62. The average Bonchev–Trinajstić information content (AvgIpc) is 3.31. The molecule has 0 bridgehead atoms. The molecule has 7 heteroatoms. The lowest BCUT2D eigenvalue weighted by Gasteiger charge is -2.12. The van der Waals surface area contributed by atoms with Crippen molar-refractivity contribution in [1.82, 2.24) is 0 Å². The molecule has 1 amide bonds.